The van der Waals surface area contributed by atoms with Gasteiger partial charge in [-0.3, -0.25) is 4.79 Å². The number of carbonyl (C=O) groups is 1. The molecule has 1 amide bonds. The van der Waals surface area contributed by atoms with Crippen molar-refractivity contribution in [1.82, 2.24) is 10.3 Å². The number of carbonyl (C=O) groups excluding carboxylic acids is 1. The third-order valence-corrected chi connectivity index (χ3v) is 2.96. The molecule has 1 atom stereocenters. The van der Waals surface area contributed by atoms with Gasteiger partial charge in [0.05, 0.1) is 11.1 Å². The molecule has 5 heteroatoms. The van der Waals surface area contributed by atoms with Crippen molar-refractivity contribution in [3.63, 3.8) is 0 Å². The van der Waals surface area contributed by atoms with Gasteiger partial charge in [0.2, 0.25) is 5.91 Å². The number of nitrogens with two attached hydrogens (primary N) is 1. The van der Waals surface area contributed by atoms with Crippen molar-refractivity contribution < 1.29 is 4.79 Å². The van der Waals surface area contributed by atoms with Gasteiger partial charge >= 0.3 is 0 Å². The Morgan fingerprint density at radius 3 is 3.00 bits per heavy atom. The molecular weight excluding hydrogens is 210 g/mol. The van der Waals surface area contributed by atoms with Crippen LogP contribution in [-0.4, -0.2) is 29.7 Å². The van der Waals surface area contributed by atoms with Crippen molar-refractivity contribution in [2.24, 2.45) is 5.73 Å². The molecule has 3 N–H and O–H groups in total. The Balaban J connectivity index is 2.30. The number of nitrogens with one attached hydrogen (secondary N) is 1. The Bertz CT molecular complexity index is 305. The molecule has 1 heterocycles. The van der Waals surface area contributed by atoms with E-state index >= 15 is 0 Å². The van der Waals surface area contributed by atoms with Crippen LogP contribution in [0.25, 0.3) is 0 Å². The topological polar surface area (TPSA) is 68.0 Å². The Morgan fingerprint density at radius 1 is 1.67 bits per heavy atom. The van der Waals surface area contributed by atoms with E-state index in [1.807, 2.05) is 18.2 Å². The van der Waals surface area contributed by atoms with Crippen molar-refractivity contribution in [3.05, 3.63) is 24.4 Å². The van der Waals surface area contributed by atoms with Gasteiger partial charge < -0.3 is 11.1 Å². The lowest BCUT2D eigenvalue weighted by Crippen LogP contribution is -2.39. The molecule has 4 nitrogen and oxygen atoms in total. The van der Waals surface area contributed by atoms with E-state index in [1.165, 1.54) is 0 Å². The second-order valence-electron chi connectivity index (χ2n) is 3.05. The van der Waals surface area contributed by atoms with Crippen LogP contribution >= 0.6 is 11.8 Å². The summed E-state index contributed by atoms with van der Waals surface area (Å²) in [6.07, 6.45) is 2.47. The van der Waals surface area contributed by atoms with Crippen molar-refractivity contribution in [2.75, 3.05) is 12.8 Å². The highest BCUT2D eigenvalue weighted by Crippen LogP contribution is 2.15. The van der Waals surface area contributed by atoms with Crippen molar-refractivity contribution in [2.45, 2.75) is 17.5 Å². The predicted molar refractivity (Wildman–Crippen MR) is 61.6 cm³/mol. The van der Waals surface area contributed by atoms with Gasteiger partial charge in [0.1, 0.15) is 0 Å². The molecule has 0 fully saturated rings. The largest absolute Gasteiger partial charge is 0.368 e. The van der Waals surface area contributed by atoms with Crippen LogP contribution in [0, 0.1) is 0 Å². The standard InChI is InChI=1S/C10H15N3OS/c1-12-8(10(11)14)5-7-15-9-4-2-3-6-13-9/h2-4,6,8,12H,5,7H2,1H3,(H2,11,14). The van der Waals surface area contributed by atoms with E-state index in [1.54, 1.807) is 25.0 Å². The van der Waals surface area contributed by atoms with E-state index in [0.29, 0.717) is 6.42 Å². The fourth-order valence-electron chi connectivity index (χ4n) is 1.14. The van der Waals surface area contributed by atoms with E-state index in [2.05, 4.69) is 10.3 Å². The number of thioether (sulfide) groups is 1. The van der Waals surface area contributed by atoms with Gasteiger partial charge in [-0.1, -0.05) is 6.07 Å². The fourth-order valence-corrected chi connectivity index (χ4v) is 2.02. The SMILES string of the molecule is CNC(CCSc1ccccn1)C(N)=O. The smallest absolute Gasteiger partial charge is 0.234 e. The summed E-state index contributed by atoms with van der Waals surface area (Å²) in [6.45, 7) is 0. The zero-order chi connectivity index (χ0) is 11.1. The first-order valence-corrected chi connectivity index (χ1v) is 5.73. The number of rotatable bonds is 6. The zero-order valence-electron chi connectivity index (χ0n) is 8.64. The van der Waals surface area contributed by atoms with Gasteiger partial charge in [0.25, 0.3) is 0 Å². The molecule has 1 unspecified atom stereocenters. The highest BCUT2D eigenvalue weighted by molar-refractivity contribution is 7.99. The van der Waals surface area contributed by atoms with Gasteiger partial charge in [-0.15, -0.1) is 11.8 Å². The number of likely N-dealkylation sites (N-methyl/N-ethyl adjacent to an activating group) is 1. The van der Waals surface area contributed by atoms with Gasteiger partial charge in [-0.25, -0.2) is 4.98 Å². The number of hydrogen-bond acceptors (Lipinski definition) is 4. The van der Waals surface area contributed by atoms with Crippen LogP contribution in [0.4, 0.5) is 0 Å². The van der Waals surface area contributed by atoms with E-state index < -0.39 is 0 Å². The number of nitrogens with zero attached hydrogens (tertiary/aromatic N) is 1. The summed E-state index contributed by atoms with van der Waals surface area (Å²) in [7, 11) is 1.74. The minimum absolute atomic E-state index is 0.249. The number of pyridine rings is 1. The summed E-state index contributed by atoms with van der Waals surface area (Å²) in [5.41, 5.74) is 5.20. The number of primary amides is 1. The maximum Gasteiger partial charge on any atom is 0.234 e. The summed E-state index contributed by atoms with van der Waals surface area (Å²) in [5, 5.41) is 3.85. The quantitative estimate of drug-likeness (QED) is 0.697. The first kappa shape index (κ1) is 12.0. The summed E-state index contributed by atoms with van der Waals surface area (Å²) < 4.78 is 0. The summed E-state index contributed by atoms with van der Waals surface area (Å²) in [4.78, 5) is 15.1. The molecule has 0 radical (unpaired) electrons. The monoisotopic (exact) mass is 225 g/mol. The number of amides is 1. The Hall–Kier alpha value is -1.07. The molecular formula is C10H15N3OS. The number of aromatic nitrogens is 1. The third-order valence-electron chi connectivity index (χ3n) is 1.99. The van der Waals surface area contributed by atoms with Gasteiger partial charge in [0.15, 0.2) is 0 Å². The van der Waals surface area contributed by atoms with E-state index in [4.69, 9.17) is 5.73 Å². The van der Waals surface area contributed by atoms with Gasteiger partial charge in [-0.2, -0.15) is 0 Å². The minimum atomic E-state index is -0.306. The van der Waals surface area contributed by atoms with Crippen LogP contribution in [0.15, 0.2) is 29.4 Å². The second-order valence-corrected chi connectivity index (χ2v) is 4.16. The molecule has 0 aliphatic heterocycles. The van der Waals surface area contributed by atoms with E-state index in [-0.39, 0.29) is 11.9 Å². The molecule has 0 aliphatic rings. The molecule has 0 saturated heterocycles. The first-order valence-electron chi connectivity index (χ1n) is 4.74. The molecule has 15 heavy (non-hydrogen) atoms. The molecule has 0 aliphatic carbocycles. The zero-order valence-corrected chi connectivity index (χ0v) is 9.46. The lowest BCUT2D eigenvalue weighted by Gasteiger charge is -2.10. The summed E-state index contributed by atoms with van der Waals surface area (Å²) in [5.74, 6) is 0.518. The molecule has 82 valence electrons. The highest BCUT2D eigenvalue weighted by atomic mass is 32.2. The lowest BCUT2D eigenvalue weighted by molar-refractivity contribution is -0.119. The van der Waals surface area contributed by atoms with Gasteiger partial charge in [-0.05, 0) is 25.6 Å². The first-order chi connectivity index (χ1) is 7.24. The summed E-state index contributed by atoms with van der Waals surface area (Å²) >= 11 is 1.62. The van der Waals surface area contributed by atoms with Crippen LogP contribution in [-0.2, 0) is 4.79 Å². The average molecular weight is 225 g/mol. The molecule has 0 aromatic carbocycles. The fraction of sp³-hybridized carbons (Fsp3) is 0.400. The summed E-state index contributed by atoms with van der Waals surface area (Å²) in [6, 6.07) is 5.52. The van der Waals surface area contributed by atoms with E-state index in [0.717, 1.165) is 10.8 Å². The maximum atomic E-state index is 10.9. The average Bonchev–Trinajstić information content (AvgIpc) is 2.25. The van der Waals surface area contributed by atoms with E-state index in [9.17, 15) is 4.79 Å². The molecule has 0 saturated carbocycles. The van der Waals surface area contributed by atoms with Crippen molar-refractivity contribution >= 4 is 17.7 Å². The predicted octanol–water partition coefficient (Wildman–Crippen LogP) is 0.637. The van der Waals surface area contributed by atoms with Crippen LogP contribution < -0.4 is 11.1 Å². The molecule has 1 aromatic heterocycles. The normalized spacial score (nSPS) is 12.3. The van der Waals surface area contributed by atoms with Crippen LogP contribution in [0.2, 0.25) is 0 Å². The van der Waals surface area contributed by atoms with Crippen LogP contribution in [0.1, 0.15) is 6.42 Å². The molecule has 1 aromatic rings. The molecule has 0 bridgehead atoms. The molecule has 1 rings (SSSR count). The Morgan fingerprint density at radius 2 is 2.47 bits per heavy atom. The van der Waals surface area contributed by atoms with Crippen molar-refractivity contribution in [3.8, 4) is 0 Å². The van der Waals surface area contributed by atoms with Crippen LogP contribution in [0.3, 0.4) is 0 Å². The van der Waals surface area contributed by atoms with Gasteiger partial charge in [0, 0.05) is 11.9 Å². The Labute approximate surface area is 93.7 Å². The Kier molecular flexibility index (Phi) is 5.14. The van der Waals surface area contributed by atoms with Crippen molar-refractivity contribution in [1.29, 1.82) is 0 Å². The molecule has 0 spiro atoms. The lowest BCUT2D eigenvalue weighted by atomic mass is 10.2. The third kappa shape index (κ3) is 4.31. The van der Waals surface area contributed by atoms with Crippen LogP contribution in [0.5, 0.6) is 0 Å². The maximum absolute atomic E-state index is 10.9. The minimum Gasteiger partial charge on any atom is -0.368 e. The highest BCUT2D eigenvalue weighted by Gasteiger charge is 2.11. The number of hydrogen-bond donors (Lipinski definition) is 2. The second kappa shape index (κ2) is 6.42.